The summed E-state index contributed by atoms with van der Waals surface area (Å²) in [5.41, 5.74) is 4.62. The van der Waals surface area contributed by atoms with E-state index in [0.29, 0.717) is 24.4 Å². The molecule has 0 aliphatic carbocycles. The monoisotopic (exact) mass is 439 g/mol. The van der Waals surface area contributed by atoms with E-state index < -0.39 is 0 Å². The Morgan fingerprint density at radius 2 is 1.53 bits per heavy atom. The summed E-state index contributed by atoms with van der Waals surface area (Å²) >= 11 is 5.89. The van der Waals surface area contributed by atoms with Crippen LogP contribution in [0.4, 0.5) is 5.69 Å². The van der Waals surface area contributed by atoms with E-state index in [1.807, 2.05) is 30.3 Å². The summed E-state index contributed by atoms with van der Waals surface area (Å²) in [6.07, 6.45) is 2.84. The van der Waals surface area contributed by atoms with Crippen molar-refractivity contribution in [3.8, 4) is 0 Å². The van der Waals surface area contributed by atoms with E-state index in [-0.39, 0.29) is 5.91 Å². The van der Waals surface area contributed by atoms with Crippen LogP contribution in [0, 0.1) is 0 Å². The maximum Gasteiger partial charge on any atom is 0.240 e. The molecule has 0 atom stereocenters. The highest BCUT2D eigenvalue weighted by molar-refractivity contribution is 6.30. The summed E-state index contributed by atoms with van der Waals surface area (Å²) in [5, 5.41) is 15.5. The minimum Gasteiger partial charge on any atom is -0.385 e. The van der Waals surface area contributed by atoms with E-state index in [9.17, 15) is 4.79 Å². The summed E-state index contributed by atoms with van der Waals surface area (Å²) in [6, 6.07) is 26.7. The van der Waals surface area contributed by atoms with Gasteiger partial charge in [-0.15, -0.1) is 0 Å². The van der Waals surface area contributed by atoms with Crippen molar-refractivity contribution in [2.24, 2.45) is 5.10 Å². The van der Waals surface area contributed by atoms with E-state index in [1.165, 1.54) is 26.9 Å². The lowest BCUT2D eigenvalue weighted by Crippen LogP contribution is -2.18. The molecule has 32 heavy (non-hydrogen) atoms. The van der Waals surface area contributed by atoms with Crippen molar-refractivity contribution < 1.29 is 4.79 Å². The molecule has 0 aromatic heterocycles. The third-order valence-corrected chi connectivity index (χ3v) is 5.96. The molecule has 1 amide bonds. The third kappa shape index (κ3) is 4.10. The third-order valence-electron chi connectivity index (χ3n) is 5.71. The molecular formula is C27H22ClN3O. The Kier molecular flexibility index (Phi) is 5.61. The lowest BCUT2D eigenvalue weighted by molar-refractivity contribution is -0.121. The number of hydrazone groups is 1. The average molecular weight is 440 g/mol. The zero-order chi connectivity index (χ0) is 21.9. The number of carbonyl (C=O) groups is 1. The van der Waals surface area contributed by atoms with E-state index in [0.717, 1.165) is 16.6 Å². The van der Waals surface area contributed by atoms with Gasteiger partial charge in [0.25, 0.3) is 0 Å². The maximum atomic E-state index is 12.2. The fourth-order valence-electron chi connectivity index (χ4n) is 4.15. The summed E-state index contributed by atoms with van der Waals surface area (Å²) in [5.74, 6) is -0.100. The Bertz CT molecular complexity index is 1410. The lowest BCUT2D eigenvalue weighted by Gasteiger charge is -2.12. The quantitative estimate of drug-likeness (QED) is 0.130. The number of benzene rings is 5. The van der Waals surface area contributed by atoms with Gasteiger partial charge in [-0.3, -0.25) is 4.79 Å². The standard InChI is InChI=1S/C27H22ClN3O/c28-22-11-13-23(14-12-22)29-16-2-5-25(32)31-30-17-21-9-8-20-7-6-18-3-1-4-19-10-15-24(21)27(20)26(18)19/h1,3-4,6-15,17,29H,2,5,16H2,(H,31,32)/b30-17-. The molecule has 0 saturated heterocycles. The van der Waals surface area contributed by atoms with Crippen LogP contribution < -0.4 is 10.7 Å². The average Bonchev–Trinajstić information content (AvgIpc) is 2.82. The maximum absolute atomic E-state index is 12.2. The molecule has 0 spiro atoms. The Morgan fingerprint density at radius 1 is 0.844 bits per heavy atom. The molecular weight excluding hydrogens is 418 g/mol. The highest BCUT2D eigenvalue weighted by atomic mass is 35.5. The van der Waals surface area contributed by atoms with Gasteiger partial charge in [-0.05, 0) is 63.0 Å². The number of hydrogen-bond donors (Lipinski definition) is 2. The topological polar surface area (TPSA) is 53.5 Å². The lowest BCUT2D eigenvalue weighted by atomic mass is 9.92. The molecule has 0 radical (unpaired) electrons. The predicted molar refractivity (Wildman–Crippen MR) is 135 cm³/mol. The van der Waals surface area contributed by atoms with Crippen molar-refractivity contribution >= 4 is 61.7 Å². The van der Waals surface area contributed by atoms with Gasteiger partial charge in [0.2, 0.25) is 5.91 Å². The van der Waals surface area contributed by atoms with Crippen molar-refractivity contribution in [3.63, 3.8) is 0 Å². The van der Waals surface area contributed by atoms with Crippen LogP contribution in [0.5, 0.6) is 0 Å². The van der Waals surface area contributed by atoms with E-state index >= 15 is 0 Å². The van der Waals surface area contributed by atoms with Gasteiger partial charge in [-0.25, -0.2) is 5.43 Å². The summed E-state index contributed by atoms with van der Waals surface area (Å²) in [6.45, 7) is 0.702. The molecule has 0 saturated carbocycles. The largest absolute Gasteiger partial charge is 0.385 e. The highest BCUT2D eigenvalue weighted by Gasteiger charge is 2.09. The van der Waals surface area contributed by atoms with Crippen LogP contribution >= 0.6 is 11.6 Å². The summed E-state index contributed by atoms with van der Waals surface area (Å²) in [7, 11) is 0. The van der Waals surface area contributed by atoms with Crippen LogP contribution in [-0.4, -0.2) is 18.7 Å². The van der Waals surface area contributed by atoms with Crippen molar-refractivity contribution in [2.75, 3.05) is 11.9 Å². The van der Waals surface area contributed by atoms with Crippen LogP contribution in [0.2, 0.25) is 5.02 Å². The predicted octanol–water partition coefficient (Wildman–Crippen LogP) is 6.58. The second kappa shape index (κ2) is 8.85. The smallest absolute Gasteiger partial charge is 0.240 e. The van der Waals surface area contributed by atoms with Gasteiger partial charge in [-0.2, -0.15) is 5.10 Å². The molecule has 158 valence electrons. The molecule has 0 unspecified atom stereocenters. The molecule has 5 heteroatoms. The van der Waals surface area contributed by atoms with E-state index in [4.69, 9.17) is 11.6 Å². The Hall–Kier alpha value is -3.63. The first kappa shape index (κ1) is 20.3. The summed E-state index contributed by atoms with van der Waals surface area (Å²) < 4.78 is 0. The van der Waals surface area contributed by atoms with Crippen LogP contribution in [-0.2, 0) is 4.79 Å². The fourth-order valence-corrected chi connectivity index (χ4v) is 4.28. The van der Waals surface area contributed by atoms with E-state index in [1.54, 1.807) is 6.21 Å². The number of hydrogen-bond acceptors (Lipinski definition) is 3. The van der Waals surface area contributed by atoms with Crippen molar-refractivity contribution in [1.82, 2.24) is 5.43 Å². The molecule has 5 aromatic rings. The first-order valence-electron chi connectivity index (χ1n) is 10.7. The minimum atomic E-state index is -0.100. The Labute approximate surface area is 191 Å². The molecule has 0 aliphatic heterocycles. The molecule has 0 aliphatic rings. The highest BCUT2D eigenvalue weighted by Crippen LogP contribution is 2.35. The first-order valence-corrected chi connectivity index (χ1v) is 11.0. The van der Waals surface area contributed by atoms with Crippen LogP contribution in [0.15, 0.2) is 84.0 Å². The summed E-state index contributed by atoms with van der Waals surface area (Å²) in [4.78, 5) is 12.2. The normalized spacial score (nSPS) is 11.7. The second-order valence-electron chi connectivity index (χ2n) is 7.84. The second-order valence-corrected chi connectivity index (χ2v) is 8.28. The van der Waals surface area contributed by atoms with Gasteiger partial charge in [0.1, 0.15) is 0 Å². The van der Waals surface area contributed by atoms with Gasteiger partial charge in [0.15, 0.2) is 0 Å². The zero-order valence-electron chi connectivity index (χ0n) is 17.4. The minimum absolute atomic E-state index is 0.100. The van der Waals surface area contributed by atoms with Gasteiger partial charge in [0, 0.05) is 29.2 Å². The molecule has 2 N–H and O–H groups in total. The van der Waals surface area contributed by atoms with Gasteiger partial charge >= 0.3 is 0 Å². The number of anilines is 1. The van der Waals surface area contributed by atoms with Gasteiger partial charge < -0.3 is 5.32 Å². The van der Waals surface area contributed by atoms with Crippen molar-refractivity contribution in [1.29, 1.82) is 0 Å². The molecule has 0 heterocycles. The number of nitrogens with zero attached hydrogens (tertiary/aromatic N) is 1. The first-order chi connectivity index (χ1) is 15.7. The number of nitrogens with one attached hydrogen (secondary N) is 2. The molecule has 4 nitrogen and oxygen atoms in total. The van der Waals surface area contributed by atoms with Crippen LogP contribution in [0.1, 0.15) is 18.4 Å². The van der Waals surface area contributed by atoms with Crippen LogP contribution in [0.3, 0.4) is 0 Å². The SMILES string of the molecule is O=C(CCCNc1ccc(Cl)cc1)N/N=C\c1ccc2ccc3cccc4ccc1c2c34. The molecule has 0 fully saturated rings. The molecule has 5 rings (SSSR count). The molecule has 0 bridgehead atoms. The van der Waals surface area contributed by atoms with Crippen molar-refractivity contribution in [3.05, 3.63) is 89.4 Å². The number of amides is 1. The van der Waals surface area contributed by atoms with Gasteiger partial charge in [0.05, 0.1) is 6.21 Å². The van der Waals surface area contributed by atoms with Crippen LogP contribution in [0.25, 0.3) is 32.3 Å². The number of halogens is 1. The zero-order valence-corrected chi connectivity index (χ0v) is 18.2. The molecule has 5 aromatic carbocycles. The number of carbonyl (C=O) groups excluding carboxylic acids is 1. The Morgan fingerprint density at radius 3 is 2.31 bits per heavy atom. The van der Waals surface area contributed by atoms with Crippen molar-refractivity contribution in [2.45, 2.75) is 12.8 Å². The van der Waals surface area contributed by atoms with Gasteiger partial charge in [-0.1, -0.05) is 66.2 Å². The fraction of sp³-hybridized carbons (Fsp3) is 0.111. The number of rotatable bonds is 7. The Balaban J connectivity index is 1.24. The van der Waals surface area contributed by atoms with E-state index in [2.05, 4.69) is 64.4 Å².